The highest BCUT2D eigenvalue weighted by atomic mass is 32.2. The van der Waals surface area contributed by atoms with Gasteiger partial charge in [-0.15, -0.1) is 6.58 Å². The molecule has 1 aromatic rings. The Kier molecular flexibility index (Phi) is 5.32. The summed E-state index contributed by atoms with van der Waals surface area (Å²) in [6.07, 6.45) is 3.98. The molecule has 2 aliphatic heterocycles. The van der Waals surface area contributed by atoms with Crippen LogP contribution in [0.25, 0.3) is 0 Å². The molecule has 1 saturated heterocycles. The van der Waals surface area contributed by atoms with Gasteiger partial charge in [0.05, 0.1) is 29.8 Å². The van der Waals surface area contributed by atoms with Gasteiger partial charge in [0.2, 0.25) is 10.0 Å². The molecule has 4 atom stereocenters. The van der Waals surface area contributed by atoms with Crippen molar-refractivity contribution < 1.29 is 22.7 Å². The van der Waals surface area contributed by atoms with Crippen LogP contribution in [0.2, 0.25) is 0 Å². The molecule has 0 bridgehead atoms. The summed E-state index contributed by atoms with van der Waals surface area (Å²) in [5, 5.41) is 0. The summed E-state index contributed by atoms with van der Waals surface area (Å²) in [6.45, 7) is 7.74. The van der Waals surface area contributed by atoms with Gasteiger partial charge in [0, 0.05) is 6.54 Å². The van der Waals surface area contributed by atoms with Crippen molar-refractivity contribution in [2.24, 2.45) is 5.92 Å². The highest BCUT2D eigenvalue weighted by Crippen LogP contribution is 2.38. The van der Waals surface area contributed by atoms with Crippen LogP contribution in [0.15, 0.2) is 54.0 Å². The number of hydrogen-bond donors (Lipinski definition) is 0. The number of hydrogen-bond acceptors (Lipinski definition) is 5. The van der Waals surface area contributed by atoms with Crippen LogP contribution in [0.4, 0.5) is 0 Å². The number of nitrogens with zero attached hydrogens (tertiary/aromatic N) is 1. The second kappa shape index (κ2) is 7.34. The maximum Gasteiger partial charge on any atom is 0.313 e. The topological polar surface area (TPSA) is 72.9 Å². The van der Waals surface area contributed by atoms with Crippen molar-refractivity contribution in [3.8, 4) is 0 Å². The monoisotopic (exact) mass is 377 g/mol. The Labute approximate surface area is 154 Å². The molecule has 140 valence electrons. The Morgan fingerprint density at radius 3 is 2.69 bits per heavy atom. The predicted molar refractivity (Wildman–Crippen MR) is 97.0 cm³/mol. The number of benzene rings is 1. The van der Waals surface area contributed by atoms with Crippen molar-refractivity contribution in [3.63, 3.8) is 0 Å². The molecule has 1 fully saturated rings. The average molecular weight is 377 g/mol. The van der Waals surface area contributed by atoms with Gasteiger partial charge in [-0.3, -0.25) is 4.79 Å². The quantitative estimate of drug-likeness (QED) is 0.580. The van der Waals surface area contributed by atoms with E-state index in [0.717, 1.165) is 5.56 Å². The Hall–Kier alpha value is -1.96. The lowest BCUT2D eigenvalue weighted by Gasteiger charge is -2.34. The molecule has 7 heteroatoms. The zero-order valence-electron chi connectivity index (χ0n) is 14.9. The van der Waals surface area contributed by atoms with Crippen LogP contribution in [0.1, 0.15) is 12.5 Å². The largest absolute Gasteiger partial charge is 0.466 e. The van der Waals surface area contributed by atoms with Gasteiger partial charge in [0.25, 0.3) is 0 Å². The number of carbonyl (C=O) groups excluding carboxylic acids is 1. The van der Waals surface area contributed by atoms with Crippen molar-refractivity contribution in [1.82, 2.24) is 4.31 Å². The molecule has 0 unspecified atom stereocenters. The standard InChI is InChI=1S/C19H23NO5S/c1-4-15-17(19(21)24-5-2)18-16(25-15)7-6-12-20(18)26(22,23)14-10-8-13(3)9-11-14/h4,6-11,15-18H,1,5,12H2,2-3H3/t15-,16+,17-,18+/m1/s1. The molecule has 26 heavy (non-hydrogen) atoms. The lowest BCUT2D eigenvalue weighted by Crippen LogP contribution is -2.52. The molecule has 2 aliphatic rings. The highest BCUT2D eigenvalue weighted by Gasteiger charge is 2.53. The summed E-state index contributed by atoms with van der Waals surface area (Å²) >= 11 is 0. The second-order valence-corrected chi connectivity index (χ2v) is 8.28. The number of fused-ring (bicyclic) bond motifs is 1. The van der Waals surface area contributed by atoms with Gasteiger partial charge in [0.1, 0.15) is 5.92 Å². The maximum atomic E-state index is 13.2. The van der Waals surface area contributed by atoms with E-state index in [1.165, 1.54) is 10.4 Å². The van der Waals surface area contributed by atoms with Crippen LogP contribution >= 0.6 is 0 Å². The number of aryl methyl sites for hydroxylation is 1. The number of ether oxygens (including phenoxy) is 2. The van der Waals surface area contributed by atoms with E-state index in [2.05, 4.69) is 6.58 Å². The van der Waals surface area contributed by atoms with Crippen LogP contribution < -0.4 is 0 Å². The third-order valence-corrected chi connectivity index (χ3v) is 6.61. The fourth-order valence-corrected chi connectivity index (χ4v) is 5.09. The van der Waals surface area contributed by atoms with Gasteiger partial charge in [-0.1, -0.05) is 35.9 Å². The first-order valence-electron chi connectivity index (χ1n) is 8.60. The number of esters is 1. The first kappa shape index (κ1) is 18.8. The van der Waals surface area contributed by atoms with E-state index < -0.39 is 40.2 Å². The molecule has 6 nitrogen and oxygen atoms in total. The molecule has 0 aromatic heterocycles. The van der Waals surface area contributed by atoms with Crippen molar-refractivity contribution in [1.29, 1.82) is 0 Å². The van der Waals surface area contributed by atoms with E-state index in [-0.39, 0.29) is 18.0 Å². The van der Waals surface area contributed by atoms with Gasteiger partial charge in [0.15, 0.2) is 0 Å². The van der Waals surface area contributed by atoms with E-state index in [9.17, 15) is 13.2 Å². The van der Waals surface area contributed by atoms with Crippen LogP contribution in [0.3, 0.4) is 0 Å². The third-order valence-electron chi connectivity index (χ3n) is 4.74. The van der Waals surface area contributed by atoms with Gasteiger partial charge >= 0.3 is 5.97 Å². The lowest BCUT2D eigenvalue weighted by molar-refractivity contribution is -0.150. The minimum atomic E-state index is -3.79. The molecule has 3 rings (SSSR count). The van der Waals surface area contributed by atoms with E-state index in [0.29, 0.717) is 0 Å². The van der Waals surface area contributed by atoms with Crippen LogP contribution in [0.5, 0.6) is 0 Å². The summed E-state index contributed by atoms with van der Waals surface area (Å²) in [5.74, 6) is -1.22. The molecule has 0 saturated carbocycles. The fourth-order valence-electron chi connectivity index (χ4n) is 3.49. The zero-order valence-corrected chi connectivity index (χ0v) is 15.7. The van der Waals surface area contributed by atoms with Crippen LogP contribution in [-0.4, -0.2) is 50.1 Å². The van der Waals surface area contributed by atoms with Crippen molar-refractivity contribution in [2.45, 2.75) is 37.0 Å². The van der Waals surface area contributed by atoms with Gasteiger partial charge in [-0.2, -0.15) is 4.31 Å². The molecule has 2 heterocycles. The first-order chi connectivity index (χ1) is 12.4. The molecule has 0 radical (unpaired) electrons. The zero-order chi connectivity index (χ0) is 18.9. The van der Waals surface area contributed by atoms with Gasteiger partial charge < -0.3 is 9.47 Å². The van der Waals surface area contributed by atoms with Crippen molar-refractivity contribution in [3.05, 3.63) is 54.6 Å². The van der Waals surface area contributed by atoms with E-state index in [1.807, 2.05) is 13.0 Å². The van der Waals surface area contributed by atoms with Crippen molar-refractivity contribution in [2.75, 3.05) is 13.2 Å². The van der Waals surface area contributed by atoms with Crippen molar-refractivity contribution >= 4 is 16.0 Å². The van der Waals surface area contributed by atoms with E-state index in [4.69, 9.17) is 9.47 Å². The fraction of sp³-hybridized carbons (Fsp3) is 0.421. The molecule has 1 aromatic carbocycles. The predicted octanol–water partition coefficient (Wildman–Crippen LogP) is 2.06. The van der Waals surface area contributed by atoms with Gasteiger partial charge in [-0.05, 0) is 26.0 Å². The molecular weight excluding hydrogens is 354 g/mol. The molecule has 0 spiro atoms. The SMILES string of the molecule is C=C[C@H]1O[C@H]2C=CCN(S(=O)(=O)c3ccc(C)cc3)[C@@H]2[C@@H]1C(=O)OCC. The summed E-state index contributed by atoms with van der Waals surface area (Å²) < 4.78 is 38.8. The average Bonchev–Trinajstić information content (AvgIpc) is 3.00. The molecule has 0 amide bonds. The minimum Gasteiger partial charge on any atom is -0.466 e. The highest BCUT2D eigenvalue weighted by molar-refractivity contribution is 7.89. The normalized spacial score (nSPS) is 28.5. The number of rotatable bonds is 5. The smallest absolute Gasteiger partial charge is 0.313 e. The second-order valence-electron chi connectivity index (χ2n) is 6.39. The minimum absolute atomic E-state index is 0.181. The third kappa shape index (κ3) is 3.22. The summed E-state index contributed by atoms with van der Waals surface area (Å²) in [4.78, 5) is 12.7. The Bertz CT molecular complexity index is 815. The lowest BCUT2D eigenvalue weighted by atomic mass is 9.92. The Balaban J connectivity index is 2.01. The Morgan fingerprint density at radius 1 is 1.38 bits per heavy atom. The number of carbonyl (C=O) groups is 1. The first-order valence-corrected chi connectivity index (χ1v) is 10.0. The van der Waals surface area contributed by atoms with E-state index in [1.54, 1.807) is 37.3 Å². The molecular formula is C19H23NO5S. The maximum absolute atomic E-state index is 13.2. The van der Waals surface area contributed by atoms with Crippen LogP contribution in [0, 0.1) is 12.8 Å². The molecule has 0 aliphatic carbocycles. The van der Waals surface area contributed by atoms with Crippen LogP contribution in [-0.2, 0) is 24.3 Å². The van der Waals surface area contributed by atoms with E-state index >= 15 is 0 Å². The Morgan fingerprint density at radius 2 is 2.08 bits per heavy atom. The van der Waals surface area contributed by atoms with Gasteiger partial charge in [-0.25, -0.2) is 8.42 Å². The molecule has 0 N–H and O–H groups in total. The summed E-state index contributed by atoms with van der Waals surface area (Å²) in [7, 11) is -3.79. The summed E-state index contributed by atoms with van der Waals surface area (Å²) in [6, 6.07) is 6.01. The number of sulfonamides is 1. The summed E-state index contributed by atoms with van der Waals surface area (Å²) in [5.41, 5.74) is 0.973.